The number of carbonyl (C=O) groups is 1. The van der Waals surface area contributed by atoms with Crippen molar-refractivity contribution in [2.45, 2.75) is 39.2 Å². The first-order valence-electron chi connectivity index (χ1n) is 4.55. The molecule has 0 bridgehead atoms. The van der Waals surface area contributed by atoms with E-state index in [1.807, 2.05) is 20.9 Å². The van der Waals surface area contributed by atoms with Crippen LogP contribution in [0.4, 0.5) is 0 Å². The Bertz CT molecular complexity index is 134. The van der Waals surface area contributed by atoms with Crippen LogP contribution in [-0.4, -0.2) is 30.4 Å². The number of nitrogens with two attached hydrogens (primary N) is 1. The zero-order valence-electron chi connectivity index (χ0n) is 8.34. The molecular weight excluding hydrogens is 152 g/mol. The molecule has 0 aromatic heterocycles. The summed E-state index contributed by atoms with van der Waals surface area (Å²) in [5.74, 6) is 0.221. The van der Waals surface area contributed by atoms with E-state index in [0.29, 0.717) is 19.0 Å². The van der Waals surface area contributed by atoms with Gasteiger partial charge in [-0.25, -0.2) is 0 Å². The van der Waals surface area contributed by atoms with E-state index in [9.17, 15) is 4.79 Å². The maximum Gasteiger partial charge on any atom is 0.222 e. The molecule has 0 spiro atoms. The molecule has 0 rings (SSSR count). The highest BCUT2D eigenvalue weighted by Gasteiger charge is 2.10. The molecule has 12 heavy (non-hydrogen) atoms. The van der Waals surface area contributed by atoms with Crippen LogP contribution in [0.25, 0.3) is 0 Å². The van der Waals surface area contributed by atoms with Crippen molar-refractivity contribution >= 4 is 5.91 Å². The van der Waals surface area contributed by atoms with Crippen molar-refractivity contribution in [1.29, 1.82) is 0 Å². The van der Waals surface area contributed by atoms with Crippen LogP contribution in [0.5, 0.6) is 0 Å². The van der Waals surface area contributed by atoms with E-state index in [1.165, 1.54) is 0 Å². The molecule has 0 aromatic carbocycles. The fraction of sp³-hybridized carbons (Fsp3) is 0.889. The summed E-state index contributed by atoms with van der Waals surface area (Å²) >= 11 is 0. The molecule has 0 unspecified atom stereocenters. The molecular formula is C9H20N2O. The second-order valence-electron chi connectivity index (χ2n) is 3.34. The van der Waals surface area contributed by atoms with E-state index in [4.69, 9.17) is 5.73 Å². The Morgan fingerprint density at radius 2 is 2.00 bits per heavy atom. The summed E-state index contributed by atoms with van der Waals surface area (Å²) in [6.45, 7) is 4.71. The molecule has 3 heteroatoms. The topological polar surface area (TPSA) is 46.3 Å². The zero-order chi connectivity index (χ0) is 9.56. The molecule has 0 radical (unpaired) electrons. The molecule has 0 heterocycles. The Balaban J connectivity index is 3.57. The van der Waals surface area contributed by atoms with Gasteiger partial charge in [0.2, 0.25) is 5.91 Å². The van der Waals surface area contributed by atoms with Crippen molar-refractivity contribution in [2.24, 2.45) is 5.73 Å². The number of amides is 1. The van der Waals surface area contributed by atoms with E-state index >= 15 is 0 Å². The van der Waals surface area contributed by atoms with Gasteiger partial charge < -0.3 is 10.6 Å². The Morgan fingerprint density at radius 3 is 2.42 bits per heavy atom. The minimum Gasteiger partial charge on any atom is -0.343 e. The lowest BCUT2D eigenvalue weighted by atomic mass is 10.2. The third-order valence-electron chi connectivity index (χ3n) is 2.01. The lowest BCUT2D eigenvalue weighted by Crippen LogP contribution is -2.32. The van der Waals surface area contributed by atoms with Gasteiger partial charge in [-0.3, -0.25) is 4.79 Å². The quantitative estimate of drug-likeness (QED) is 0.628. The summed E-state index contributed by atoms with van der Waals surface area (Å²) in [6.07, 6.45) is 2.48. The number of nitrogens with zero attached hydrogens (tertiary/aromatic N) is 1. The second-order valence-corrected chi connectivity index (χ2v) is 3.34. The molecule has 2 N–H and O–H groups in total. The first-order chi connectivity index (χ1) is 5.59. The molecule has 0 fully saturated rings. The maximum absolute atomic E-state index is 11.3. The van der Waals surface area contributed by atoms with Crippen LogP contribution in [0, 0.1) is 0 Å². The fourth-order valence-corrected chi connectivity index (χ4v) is 0.885. The number of unbranched alkanes of at least 4 members (excludes halogenated alkanes) is 1. The highest BCUT2D eigenvalue weighted by atomic mass is 16.2. The first kappa shape index (κ1) is 11.4. The third-order valence-corrected chi connectivity index (χ3v) is 2.01. The van der Waals surface area contributed by atoms with E-state index in [1.54, 1.807) is 4.90 Å². The lowest BCUT2D eigenvalue weighted by Gasteiger charge is -2.21. The van der Waals surface area contributed by atoms with Crippen LogP contribution >= 0.6 is 0 Å². The van der Waals surface area contributed by atoms with Crippen molar-refractivity contribution in [3.63, 3.8) is 0 Å². The highest BCUT2D eigenvalue weighted by molar-refractivity contribution is 5.76. The summed E-state index contributed by atoms with van der Waals surface area (Å²) in [5.41, 5.74) is 5.33. The molecule has 0 aliphatic rings. The van der Waals surface area contributed by atoms with Crippen LogP contribution in [0.3, 0.4) is 0 Å². The summed E-state index contributed by atoms with van der Waals surface area (Å²) in [4.78, 5) is 13.1. The van der Waals surface area contributed by atoms with Crippen molar-refractivity contribution in [3.05, 3.63) is 0 Å². The number of carbonyl (C=O) groups excluding carboxylic acids is 1. The molecule has 72 valence electrons. The average Bonchev–Trinajstić information content (AvgIpc) is 2.03. The molecule has 0 saturated carbocycles. The van der Waals surface area contributed by atoms with Gasteiger partial charge in [0.05, 0.1) is 0 Å². The minimum atomic E-state index is 0.221. The second kappa shape index (κ2) is 6.00. The lowest BCUT2D eigenvalue weighted by molar-refractivity contribution is -0.131. The molecule has 0 atom stereocenters. The number of rotatable bonds is 5. The molecule has 1 amide bonds. The van der Waals surface area contributed by atoms with Crippen LogP contribution < -0.4 is 5.73 Å². The van der Waals surface area contributed by atoms with E-state index in [2.05, 4.69) is 0 Å². The van der Waals surface area contributed by atoms with Crippen LogP contribution in [0.15, 0.2) is 0 Å². The van der Waals surface area contributed by atoms with Gasteiger partial charge >= 0.3 is 0 Å². The SMILES string of the molecule is CC(C)N(C)C(=O)CCCCN. The maximum atomic E-state index is 11.3. The van der Waals surface area contributed by atoms with Gasteiger partial charge in [-0.15, -0.1) is 0 Å². The molecule has 0 saturated heterocycles. The summed E-state index contributed by atoms with van der Waals surface area (Å²) < 4.78 is 0. The molecule has 0 aliphatic heterocycles. The summed E-state index contributed by atoms with van der Waals surface area (Å²) in [7, 11) is 1.84. The molecule has 0 aliphatic carbocycles. The zero-order valence-corrected chi connectivity index (χ0v) is 8.34. The number of hydrogen-bond donors (Lipinski definition) is 1. The average molecular weight is 172 g/mol. The van der Waals surface area contributed by atoms with Gasteiger partial charge in [0.15, 0.2) is 0 Å². The van der Waals surface area contributed by atoms with Crippen molar-refractivity contribution in [2.75, 3.05) is 13.6 Å². The van der Waals surface area contributed by atoms with Gasteiger partial charge in [0.25, 0.3) is 0 Å². The van der Waals surface area contributed by atoms with E-state index < -0.39 is 0 Å². The highest BCUT2D eigenvalue weighted by Crippen LogP contribution is 2.01. The largest absolute Gasteiger partial charge is 0.343 e. The van der Waals surface area contributed by atoms with Crippen molar-refractivity contribution in [3.8, 4) is 0 Å². The minimum absolute atomic E-state index is 0.221. The van der Waals surface area contributed by atoms with Crippen molar-refractivity contribution < 1.29 is 4.79 Å². The molecule has 3 nitrogen and oxygen atoms in total. The van der Waals surface area contributed by atoms with E-state index in [0.717, 1.165) is 12.8 Å². The Labute approximate surface area is 74.9 Å². The van der Waals surface area contributed by atoms with Gasteiger partial charge in [-0.2, -0.15) is 0 Å². The number of hydrogen-bond acceptors (Lipinski definition) is 2. The van der Waals surface area contributed by atoms with E-state index in [-0.39, 0.29) is 5.91 Å². The van der Waals surface area contributed by atoms with Crippen LogP contribution in [0.2, 0.25) is 0 Å². The van der Waals surface area contributed by atoms with Crippen LogP contribution in [0.1, 0.15) is 33.1 Å². The summed E-state index contributed by atoms with van der Waals surface area (Å²) in [5, 5.41) is 0. The van der Waals surface area contributed by atoms with Crippen LogP contribution in [-0.2, 0) is 4.79 Å². The third kappa shape index (κ3) is 4.34. The Hall–Kier alpha value is -0.570. The first-order valence-corrected chi connectivity index (χ1v) is 4.55. The Kier molecular flexibility index (Phi) is 5.72. The van der Waals surface area contributed by atoms with Gasteiger partial charge in [-0.1, -0.05) is 0 Å². The predicted octanol–water partition coefficient (Wildman–Crippen LogP) is 0.982. The van der Waals surface area contributed by atoms with Gasteiger partial charge in [0.1, 0.15) is 0 Å². The Morgan fingerprint density at radius 1 is 1.42 bits per heavy atom. The summed E-state index contributed by atoms with van der Waals surface area (Å²) in [6, 6.07) is 0.301. The standard InChI is InChI=1S/C9H20N2O/c1-8(2)11(3)9(12)6-4-5-7-10/h8H,4-7,10H2,1-3H3. The molecule has 0 aromatic rings. The monoisotopic (exact) mass is 172 g/mol. The van der Waals surface area contributed by atoms with Gasteiger partial charge in [0, 0.05) is 19.5 Å². The predicted molar refractivity (Wildman–Crippen MR) is 50.8 cm³/mol. The van der Waals surface area contributed by atoms with Crippen molar-refractivity contribution in [1.82, 2.24) is 4.90 Å². The fourth-order valence-electron chi connectivity index (χ4n) is 0.885. The smallest absolute Gasteiger partial charge is 0.222 e. The van der Waals surface area contributed by atoms with Gasteiger partial charge in [-0.05, 0) is 33.2 Å². The normalized spacial score (nSPS) is 10.4.